The predicted molar refractivity (Wildman–Crippen MR) is 268 cm³/mol. The van der Waals surface area contributed by atoms with Gasteiger partial charge in [0, 0.05) is 17.7 Å². The highest BCUT2D eigenvalue weighted by Gasteiger charge is 2.54. The highest BCUT2D eigenvalue weighted by Crippen LogP contribution is 2.44. The number of phenolic OH excluding ortho intramolecular Hbond substituents is 2. The maximum atomic E-state index is 13.4. The van der Waals surface area contributed by atoms with Gasteiger partial charge in [0.15, 0.2) is 53.2 Å². The lowest BCUT2D eigenvalue weighted by molar-refractivity contribution is -0.357. The van der Waals surface area contributed by atoms with Gasteiger partial charge in [-0.05, 0) is 54.1 Å². The summed E-state index contributed by atoms with van der Waals surface area (Å²) < 4.78 is 69.0. The number of hydrogen-bond acceptors (Lipinski definition) is 29. The molecular formula is C52H61O31+. The van der Waals surface area contributed by atoms with E-state index in [-0.39, 0.29) is 39.9 Å². The number of carbonyl (C=O) groups is 2. The number of benzene rings is 3. The van der Waals surface area contributed by atoms with Crippen LogP contribution in [0.1, 0.15) is 12.0 Å². The Morgan fingerprint density at radius 3 is 1.76 bits per heavy atom. The maximum Gasteiger partial charge on any atom is 0.510 e. The van der Waals surface area contributed by atoms with E-state index < -0.39 is 191 Å². The second-order valence-corrected chi connectivity index (χ2v) is 19.4. The van der Waals surface area contributed by atoms with Crippen molar-refractivity contribution in [2.24, 2.45) is 0 Å². The zero-order valence-corrected chi connectivity index (χ0v) is 43.3. The average Bonchev–Trinajstić information content (AvgIpc) is 3.65. The molecule has 4 saturated heterocycles. The third kappa shape index (κ3) is 14.1. The Bertz CT molecular complexity index is 2910. The Hall–Kier alpha value is -6.70. The fourth-order valence-corrected chi connectivity index (χ4v) is 9.20. The lowest BCUT2D eigenvalue weighted by atomic mass is 9.97. The third-order valence-electron chi connectivity index (χ3n) is 13.7. The zero-order valence-electron chi connectivity index (χ0n) is 43.3. The first-order valence-corrected chi connectivity index (χ1v) is 25.3. The van der Waals surface area contributed by atoms with Gasteiger partial charge in [-0.15, -0.1) is 0 Å². The summed E-state index contributed by atoms with van der Waals surface area (Å²) in [6.45, 7) is -3.52. The summed E-state index contributed by atoms with van der Waals surface area (Å²) in [4.78, 5) is 47.9. The highest BCUT2D eigenvalue weighted by molar-refractivity contribution is 5.90. The number of esters is 2. The fraction of sp³-hybridized carbons (Fsp3) is 0.500. The number of hydrogen-bond donors (Lipinski definition) is 15. The van der Waals surface area contributed by atoms with E-state index in [1.54, 1.807) is 0 Å². The van der Waals surface area contributed by atoms with Crippen LogP contribution in [-0.4, -0.2) is 256 Å². The van der Waals surface area contributed by atoms with E-state index in [2.05, 4.69) is 0 Å². The van der Waals surface area contributed by atoms with Crippen molar-refractivity contribution in [3.8, 4) is 51.4 Å². The molecule has 8 rings (SSSR count). The predicted octanol–water partition coefficient (Wildman–Crippen LogP) is -4.90. The van der Waals surface area contributed by atoms with Gasteiger partial charge < -0.3 is 138 Å². The Balaban J connectivity index is 1.14. The van der Waals surface area contributed by atoms with Crippen LogP contribution in [0.2, 0.25) is 0 Å². The number of methoxy groups -OCH3 is 1. The van der Waals surface area contributed by atoms with Crippen LogP contribution in [0.4, 0.5) is 0 Å². The molecule has 0 saturated carbocycles. The summed E-state index contributed by atoms with van der Waals surface area (Å²) in [7, 11) is 1.32. The molecule has 1 aliphatic carbocycles. The van der Waals surface area contributed by atoms with Crippen LogP contribution in [0.15, 0.2) is 76.0 Å². The Morgan fingerprint density at radius 2 is 1.14 bits per heavy atom. The van der Waals surface area contributed by atoms with Crippen LogP contribution in [-0.2, 0) is 47.5 Å². The summed E-state index contributed by atoms with van der Waals surface area (Å²) in [5.74, 6) is -5.48. The van der Waals surface area contributed by atoms with Gasteiger partial charge in [0.25, 0.3) is 0 Å². The minimum absolute atomic E-state index is 0.110. The first kappa shape index (κ1) is 62.3. The molecule has 0 bridgehead atoms. The molecule has 0 aromatic heterocycles. The van der Waals surface area contributed by atoms with Crippen molar-refractivity contribution in [1.82, 2.24) is 0 Å². The van der Waals surface area contributed by atoms with E-state index in [1.165, 1.54) is 55.7 Å². The fourth-order valence-electron chi connectivity index (χ4n) is 9.20. The lowest BCUT2D eigenvalue weighted by Crippen LogP contribution is -2.65. The molecule has 0 spiro atoms. The molecule has 83 heavy (non-hydrogen) atoms. The molecule has 0 unspecified atom stereocenters. The van der Waals surface area contributed by atoms with Gasteiger partial charge >= 0.3 is 17.9 Å². The Labute approximate surface area is 467 Å². The highest BCUT2D eigenvalue weighted by atomic mass is 16.8. The van der Waals surface area contributed by atoms with Crippen LogP contribution in [0.25, 0.3) is 28.7 Å². The summed E-state index contributed by atoms with van der Waals surface area (Å²) in [6.07, 6.45) is -37.7. The topological polar surface area (TPSA) is 491 Å². The van der Waals surface area contributed by atoms with Crippen molar-refractivity contribution in [3.05, 3.63) is 82.5 Å². The second-order valence-electron chi connectivity index (χ2n) is 19.4. The molecule has 0 amide bonds. The number of aliphatic hydroxyl groups excluding tert-OH is 12. The van der Waals surface area contributed by atoms with Crippen LogP contribution in [0, 0.1) is 0 Å². The van der Waals surface area contributed by atoms with E-state index >= 15 is 0 Å². The second kappa shape index (κ2) is 26.9. The molecule has 31 heteroatoms. The number of aliphatic hydroxyl groups is 12. The Kier molecular flexibility index (Phi) is 20.2. The van der Waals surface area contributed by atoms with Crippen molar-refractivity contribution in [3.63, 3.8) is 0 Å². The zero-order chi connectivity index (χ0) is 60.1. The first-order chi connectivity index (χ1) is 39.5. The molecule has 454 valence electrons. The number of carboxylic acids is 1. The molecule has 20 atom stereocenters. The van der Waals surface area contributed by atoms with E-state index in [0.29, 0.717) is 5.56 Å². The summed E-state index contributed by atoms with van der Waals surface area (Å²) >= 11 is 0. The number of carboxylic acid groups (broad SMARTS) is 1. The summed E-state index contributed by atoms with van der Waals surface area (Å²) in [6, 6.07) is 12.4. The number of fused-ring (bicyclic) bond motifs is 1. The molecule has 31 nitrogen and oxygen atoms in total. The van der Waals surface area contributed by atoms with Gasteiger partial charge in [-0.3, -0.25) is 14.4 Å². The van der Waals surface area contributed by atoms with Gasteiger partial charge in [0.1, 0.15) is 116 Å². The van der Waals surface area contributed by atoms with Crippen molar-refractivity contribution in [2.45, 2.75) is 129 Å². The molecule has 2 aromatic carbocycles. The van der Waals surface area contributed by atoms with E-state index in [9.17, 15) is 90.7 Å². The van der Waals surface area contributed by atoms with E-state index in [1.807, 2.05) is 0 Å². The maximum absolute atomic E-state index is 13.4. The van der Waals surface area contributed by atoms with E-state index in [4.69, 9.17) is 61.6 Å². The van der Waals surface area contributed by atoms with Gasteiger partial charge in [-0.25, -0.2) is 0 Å². The smallest absolute Gasteiger partial charge is 0.508 e. The molecule has 2 aromatic rings. The van der Waals surface area contributed by atoms with Crippen LogP contribution in [0.3, 0.4) is 0 Å². The monoisotopic (exact) mass is 1180 g/mol. The Morgan fingerprint density at radius 1 is 0.590 bits per heavy atom. The standard InChI is InChI=1S/C52H60O31/c1-72-27-10-19(2-8-24(27)57)3-9-34(60)73-17-31-38(64)41(67)48(83-51-44(70)40(66)37(63)30(16-54)79-51)52(80-31)77-28-13-23-25(75-46(28)20-4-6-21(55)7-5-20)11-22(56)12-26(23)76-49-45(71)42(68)47(32(81-49)18-74-35(61)14-33(58)59)82-50-43(69)39(65)36(62)29(15-53)78-50/h2-13,29-32,36-45,47-55,57,62-71H,14-18H2,1H3,(H,58,59)/p+1/t29-,30-,31-,32-,36-,37-,38-,39+,40+,41+,42-,43-,44-,45-,47-,48-,49-,50+,51+,52-/m1/s1. The van der Waals surface area contributed by atoms with Crippen LogP contribution in [0.5, 0.6) is 28.7 Å². The van der Waals surface area contributed by atoms with Gasteiger partial charge in [0.05, 0.1) is 32.0 Å². The number of phenols is 2. The van der Waals surface area contributed by atoms with Gasteiger partial charge in [0.2, 0.25) is 19.2 Å². The molecule has 6 aliphatic rings. The van der Waals surface area contributed by atoms with Gasteiger partial charge in [-0.1, -0.05) is 6.07 Å². The number of ether oxygens (including phenoxy) is 11. The lowest BCUT2D eigenvalue weighted by Gasteiger charge is -2.46. The van der Waals surface area contributed by atoms with Crippen molar-refractivity contribution in [2.75, 3.05) is 33.5 Å². The SMILES string of the molecule is COc1cc(C=CC(=[OH+])OC[C@H]2O[C@@H](Oc3cc4c(O[C@@H]5O[C@H](COC(=O)CC(=O)O)[C@@H](O[C@@H]6O[C@H](CO)[C@@H](O)[C@H](O)[C@H]6O)[C@H](O)[C@H]5O)cc(=O)cc-4oc3-c3ccc(O)cc3)[C@H](O[C@@H]3O[C@H](CO)[C@@H](O)[C@H](O)[C@H]3O)[C@@H](O)[C@@H]2O)ccc1O. The van der Waals surface area contributed by atoms with Crippen molar-refractivity contribution >= 4 is 24.0 Å². The normalized spacial score (nSPS) is 33.8. The quantitative estimate of drug-likeness (QED) is 0.0171. The number of aromatic hydroxyl groups is 2. The van der Waals surface area contributed by atoms with E-state index in [0.717, 1.165) is 24.3 Å². The van der Waals surface area contributed by atoms with Crippen molar-refractivity contribution < 1.29 is 148 Å². The molecule has 4 fully saturated rings. The molecule has 16 N–H and O–H groups in total. The first-order valence-electron chi connectivity index (χ1n) is 25.3. The molecule has 0 radical (unpaired) electrons. The minimum atomic E-state index is -2.23. The average molecular weight is 1180 g/mol. The number of carbonyl (C=O) groups excluding carboxylic acids is 2. The minimum Gasteiger partial charge on any atom is -0.508 e. The molecule has 5 aliphatic heterocycles. The molecule has 5 heterocycles. The molecular weight excluding hydrogens is 1120 g/mol. The number of rotatable bonds is 20. The third-order valence-corrected chi connectivity index (χ3v) is 13.7. The summed E-state index contributed by atoms with van der Waals surface area (Å²) in [5, 5.41) is 159. The largest absolute Gasteiger partial charge is 0.510 e. The van der Waals surface area contributed by atoms with Crippen LogP contribution >= 0.6 is 0 Å². The van der Waals surface area contributed by atoms with Crippen LogP contribution < -0.4 is 19.6 Å². The summed E-state index contributed by atoms with van der Waals surface area (Å²) in [5.41, 5.74) is -0.507. The number of aliphatic carboxylic acids is 1. The van der Waals surface area contributed by atoms with Gasteiger partial charge in [-0.2, -0.15) is 0 Å². The van der Waals surface area contributed by atoms with Crippen molar-refractivity contribution in [1.29, 1.82) is 0 Å².